The highest BCUT2D eigenvalue weighted by Crippen LogP contribution is 2.27. The molecule has 0 spiro atoms. The SMILES string of the molecule is Cc1ccc(N(CC(=O)N(Cc2ccccc2Cl)[C@H](Cc2ccccc2)C(=O)NC(C)C)S(=O)(=O)c2ccc(Cl)cc2)cc1. The van der Waals surface area contributed by atoms with Crippen LogP contribution in [0, 0.1) is 6.92 Å². The van der Waals surface area contributed by atoms with Gasteiger partial charge in [0.2, 0.25) is 11.8 Å². The van der Waals surface area contributed by atoms with E-state index in [4.69, 9.17) is 23.2 Å². The molecule has 0 aliphatic rings. The molecular weight excluding hydrogens is 617 g/mol. The normalized spacial score (nSPS) is 12.0. The van der Waals surface area contributed by atoms with Gasteiger partial charge in [0, 0.05) is 29.1 Å². The molecule has 0 heterocycles. The number of anilines is 1. The molecule has 1 N–H and O–H groups in total. The summed E-state index contributed by atoms with van der Waals surface area (Å²) in [6, 6.07) is 27.9. The van der Waals surface area contributed by atoms with Crippen LogP contribution < -0.4 is 9.62 Å². The lowest BCUT2D eigenvalue weighted by molar-refractivity contribution is -0.140. The van der Waals surface area contributed by atoms with Gasteiger partial charge in [-0.1, -0.05) is 89.4 Å². The summed E-state index contributed by atoms with van der Waals surface area (Å²) < 4.78 is 29.2. The van der Waals surface area contributed by atoms with Crippen LogP contribution in [-0.4, -0.2) is 43.8 Å². The van der Waals surface area contributed by atoms with Crippen LogP contribution in [0.3, 0.4) is 0 Å². The minimum absolute atomic E-state index is 0.00967. The lowest BCUT2D eigenvalue weighted by Gasteiger charge is -2.34. The van der Waals surface area contributed by atoms with Crippen LogP contribution in [0.2, 0.25) is 10.0 Å². The number of nitrogens with one attached hydrogen (secondary N) is 1. The number of aryl methyl sites for hydroxylation is 1. The lowest BCUT2D eigenvalue weighted by atomic mass is 10.0. The third-order valence-corrected chi connectivity index (χ3v) is 9.41. The first kappa shape index (κ1) is 33.1. The summed E-state index contributed by atoms with van der Waals surface area (Å²) >= 11 is 12.6. The van der Waals surface area contributed by atoms with E-state index in [0.717, 1.165) is 15.4 Å². The Labute approximate surface area is 269 Å². The molecule has 4 aromatic rings. The topological polar surface area (TPSA) is 86.8 Å². The fourth-order valence-electron chi connectivity index (χ4n) is 4.72. The maximum absolute atomic E-state index is 14.4. The Bertz CT molecular complexity index is 1680. The zero-order chi connectivity index (χ0) is 31.9. The molecule has 2 amide bonds. The first-order chi connectivity index (χ1) is 21.0. The fraction of sp³-hybridized carbons (Fsp3) is 0.235. The third kappa shape index (κ3) is 8.40. The van der Waals surface area contributed by atoms with Crippen molar-refractivity contribution < 1.29 is 18.0 Å². The number of hydrogen-bond acceptors (Lipinski definition) is 4. The monoisotopic (exact) mass is 651 g/mol. The van der Waals surface area contributed by atoms with E-state index in [-0.39, 0.29) is 29.8 Å². The number of carbonyl (C=O) groups is 2. The van der Waals surface area contributed by atoms with E-state index in [1.54, 1.807) is 48.5 Å². The van der Waals surface area contributed by atoms with Gasteiger partial charge in [0.05, 0.1) is 10.6 Å². The molecule has 0 aliphatic heterocycles. The van der Waals surface area contributed by atoms with Crippen LogP contribution in [0.5, 0.6) is 0 Å². The smallest absolute Gasteiger partial charge is 0.264 e. The molecule has 0 fully saturated rings. The summed E-state index contributed by atoms with van der Waals surface area (Å²) in [6.45, 7) is 5.01. The molecular formula is C34H35Cl2N3O4S. The number of halogens is 2. The van der Waals surface area contributed by atoms with Gasteiger partial charge in [-0.3, -0.25) is 13.9 Å². The van der Waals surface area contributed by atoms with Gasteiger partial charge in [-0.2, -0.15) is 0 Å². The number of benzene rings is 4. The molecule has 0 saturated heterocycles. The van der Waals surface area contributed by atoms with Gasteiger partial charge < -0.3 is 10.2 Å². The van der Waals surface area contributed by atoms with Gasteiger partial charge in [0.25, 0.3) is 10.0 Å². The minimum Gasteiger partial charge on any atom is -0.352 e. The van der Waals surface area contributed by atoms with Gasteiger partial charge in [-0.05, 0) is 74.4 Å². The van der Waals surface area contributed by atoms with Crippen molar-refractivity contribution >= 4 is 50.7 Å². The molecule has 1 atom stereocenters. The van der Waals surface area contributed by atoms with Crippen molar-refractivity contribution in [1.29, 1.82) is 0 Å². The third-order valence-electron chi connectivity index (χ3n) is 7.00. The maximum atomic E-state index is 14.4. The summed E-state index contributed by atoms with van der Waals surface area (Å²) in [6.07, 6.45) is 0.212. The highest BCUT2D eigenvalue weighted by Gasteiger charge is 2.35. The van der Waals surface area contributed by atoms with E-state index >= 15 is 0 Å². The van der Waals surface area contributed by atoms with Gasteiger partial charge in [-0.25, -0.2) is 8.42 Å². The Balaban J connectivity index is 1.81. The van der Waals surface area contributed by atoms with E-state index < -0.39 is 28.5 Å². The Morgan fingerprint density at radius 1 is 0.818 bits per heavy atom. The van der Waals surface area contributed by atoms with Crippen molar-refractivity contribution in [3.8, 4) is 0 Å². The van der Waals surface area contributed by atoms with Crippen LogP contribution >= 0.6 is 23.2 Å². The molecule has 44 heavy (non-hydrogen) atoms. The second kappa shape index (κ2) is 14.8. The summed E-state index contributed by atoms with van der Waals surface area (Å²) in [5.74, 6) is -0.922. The van der Waals surface area contributed by atoms with Crippen LogP contribution in [0.15, 0.2) is 108 Å². The highest BCUT2D eigenvalue weighted by molar-refractivity contribution is 7.92. The molecule has 4 rings (SSSR count). The first-order valence-corrected chi connectivity index (χ1v) is 16.4. The van der Waals surface area contributed by atoms with E-state index in [1.165, 1.54) is 29.2 Å². The first-order valence-electron chi connectivity index (χ1n) is 14.2. The summed E-state index contributed by atoms with van der Waals surface area (Å²) in [4.78, 5) is 29.6. The number of carbonyl (C=O) groups excluding carboxylic acids is 2. The Morgan fingerprint density at radius 2 is 1.43 bits per heavy atom. The van der Waals surface area contributed by atoms with Crippen LogP contribution in [0.25, 0.3) is 0 Å². The summed E-state index contributed by atoms with van der Waals surface area (Å²) in [7, 11) is -4.22. The van der Waals surface area contributed by atoms with Crippen molar-refractivity contribution in [3.63, 3.8) is 0 Å². The van der Waals surface area contributed by atoms with Crippen molar-refractivity contribution in [2.24, 2.45) is 0 Å². The average molecular weight is 653 g/mol. The molecule has 7 nitrogen and oxygen atoms in total. The van der Waals surface area contributed by atoms with E-state index in [9.17, 15) is 18.0 Å². The number of nitrogens with zero attached hydrogens (tertiary/aromatic N) is 2. The Kier molecular flexibility index (Phi) is 11.1. The Hall–Kier alpha value is -3.85. The predicted octanol–water partition coefficient (Wildman–Crippen LogP) is 6.66. The molecule has 10 heteroatoms. The van der Waals surface area contributed by atoms with E-state index in [2.05, 4.69) is 5.32 Å². The van der Waals surface area contributed by atoms with Crippen LogP contribution in [0.4, 0.5) is 5.69 Å². The summed E-state index contributed by atoms with van der Waals surface area (Å²) in [5.41, 5.74) is 2.71. The lowest BCUT2D eigenvalue weighted by Crippen LogP contribution is -2.54. The molecule has 0 unspecified atom stereocenters. The second-order valence-corrected chi connectivity index (χ2v) is 13.5. The number of hydrogen-bond donors (Lipinski definition) is 1. The van der Waals surface area contributed by atoms with Gasteiger partial charge in [0.1, 0.15) is 12.6 Å². The zero-order valence-corrected chi connectivity index (χ0v) is 27.1. The highest BCUT2D eigenvalue weighted by atomic mass is 35.5. The van der Waals surface area contributed by atoms with E-state index in [0.29, 0.717) is 21.3 Å². The fourth-order valence-corrected chi connectivity index (χ4v) is 6.45. The molecule has 4 aromatic carbocycles. The molecule has 0 aromatic heterocycles. The van der Waals surface area contributed by atoms with Gasteiger partial charge >= 0.3 is 0 Å². The zero-order valence-electron chi connectivity index (χ0n) is 24.8. The van der Waals surface area contributed by atoms with Gasteiger partial charge in [0.15, 0.2) is 0 Å². The minimum atomic E-state index is -4.22. The molecule has 0 saturated carbocycles. The average Bonchev–Trinajstić information content (AvgIpc) is 2.99. The van der Waals surface area contributed by atoms with E-state index in [1.807, 2.05) is 51.1 Å². The molecule has 230 valence electrons. The molecule has 0 radical (unpaired) electrons. The van der Waals surface area contributed by atoms with Crippen molar-refractivity contribution in [1.82, 2.24) is 10.2 Å². The van der Waals surface area contributed by atoms with Crippen molar-refractivity contribution in [2.75, 3.05) is 10.8 Å². The summed E-state index contributed by atoms with van der Waals surface area (Å²) in [5, 5.41) is 3.75. The maximum Gasteiger partial charge on any atom is 0.264 e. The Morgan fingerprint density at radius 3 is 2.05 bits per heavy atom. The number of sulfonamides is 1. The standard InChI is InChI=1S/C34H35Cl2N3O4S/c1-24(2)37-34(41)32(21-26-9-5-4-6-10-26)38(22-27-11-7-8-12-31(27)36)33(40)23-39(29-17-13-25(3)14-18-29)44(42,43)30-19-15-28(35)16-20-30/h4-20,24,32H,21-23H2,1-3H3,(H,37,41)/t32-/m1/s1. The van der Waals surface area contributed by atoms with Crippen molar-refractivity contribution in [2.45, 2.75) is 50.7 Å². The number of amides is 2. The quantitative estimate of drug-likeness (QED) is 0.186. The van der Waals surface area contributed by atoms with Gasteiger partial charge in [-0.15, -0.1) is 0 Å². The largest absolute Gasteiger partial charge is 0.352 e. The van der Waals surface area contributed by atoms with Crippen LogP contribution in [-0.2, 0) is 32.6 Å². The number of rotatable bonds is 12. The predicted molar refractivity (Wildman–Crippen MR) is 176 cm³/mol. The second-order valence-electron chi connectivity index (χ2n) is 10.8. The molecule has 0 bridgehead atoms. The van der Waals surface area contributed by atoms with Crippen molar-refractivity contribution in [3.05, 3.63) is 130 Å². The van der Waals surface area contributed by atoms with Crippen LogP contribution in [0.1, 0.15) is 30.5 Å². The molecule has 0 aliphatic carbocycles.